The molecule has 0 bridgehead atoms. The molecule has 2 aromatic rings. The lowest BCUT2D eigenvalue weighted by Gasteiger charge is -2.18. The Balaban J connectivity index is 0.00000312. The first-order valence-corrected chi connectivity index (χ1v) is 8.56. The minimum absolute atomic E-state index is 0. The van der Waals surface area contributed by atoms with E-state index < -0.39 is 0 Å². The predicted octanol–water partition coefficient (Wildman–Crippen LogP) is 4.62. The summed E-state index contributed by atoms with van der Waals surface area (Å²) in [6, 6.07) is 18.7. The highest BCUT2D eigenvalue weighted by atomic mass is 35.5. The first-order chi connectivity index (χ1) is 11.5. The normalized spacial score (nSPS) is 13.0. The molecule has 0 fully saturated rings. The third kappa shape index (κ3) is 6.89. The summed E-state index contributed by atoms with van der Waals surface area (Å²) in [4.78, 5) is 11.9. The Hall–Kier alpha value is -1.84. The van der Waals surface area contributed by atoms with Gasteiger partial charge in [-0.1, -0.05) is 61.5 Å². The van der Waals surface area contributed by atoms with Crippen LogP contribution in [0.3, 0.4) is 0 Å². The molecule has 25 heavy (non-hydrogen) atoms. The maximum Gasteiger partial charge on any atom is 0.308 e. The number of ether oxygens (including phenoxy) is 1. The Kier molecular flexibility index (Phi) is 8.67. The van der Waals surface area contributed by atoms with Gasteiger partial charge in [0.25, 0.3) is 0 Å². The average Bonchev–Trinajstić information content (AvgIpc) is 2.55. The van der Waals surface area contributed by atoms with E-state index in [0.717, 1.165) is 6.42 Å². The van der Waals surface area contributed by atoms with Gasteiger partial charge in [-0.15, -0.1) is 12.4 Å². The standard InChI is InChI=1S/C21H27NO2.ClH/c1-15(2)24-21(23)16(3)13-20(22)14-17-9-11-19(12-10-17)18-7-5-4-6-8-18;/h4-12,15-16,20H,13-14,22H2,1-3H3;1H/t16-,20-;/m0./s1. The van der Waals surface area contributed by atoms with Crippen LogP contribution >= 0.6 is 12.4 Å². The molecule has 0 amide bonds. The van der Waals surface area contributed by atoms with Crippen LogP contribution in [0.4, 0.5) is 0 Å². The van der Waals surface area contributed by atoms with Crippen molar-refractivity contribution in [3.63, 3.8) is 0 Å². The molecule has 2 rings (SSSR count). The molecule has 0 aliphatic carbocycles. The molecule has 0 radical (unpaired) electrons. The monoisotopic (exact) mass is 361 g/mol. The van der Waals surface area contributed by atoms with Gasteiger partial charge >= 0.3 is 5.97 Å². The van der Waals surface area contributed by atoms with Crippen molar-refractivity contribution >= 4 is 18.4 Å². The Bertz CT molecular complexity index is 641. The molecule has 0 spiro atoms. The van der Waals surface area contributed by atoms with E-state index in [1.165, 1.54) is 16.7 Å². The second kappa shape index (κ2) is 10.2. The molecule has 0 saturated heterocycles. The third-order valence-electron chi connectivity index (χ3n) is 3.97. The van der Waals surface area contributed by atoms with Crippen LogP contribution in [0.2, 0.25) is 0 Å². The van der Waals surface area contributed by atoms with E-state index in [4.69, 9.17) is 10.5 Å². The van der Waals surface area contributed by atoms with E-state index in [1.807, 2.05) is 39.0 Å². The molecular formula is C21H28ClNO2. The number of halogens is 1. The zero-order valence-corrected chi connectivity index (χ0v) is 16.0. The van der Waals surface area contributed by atoms with Crippen molar-refractivity contribution in [3.8, 4) is 11.1 Å². The van der Waals surface area contributed by atoms with Gasteiger partial charge in [-0.2, -0.15) is 0 Å². The molecule has 2 atom stereocenters. The predicted molar refractivity (Wildman–Crippen MR) is 106 cm³/mol. The molecular weight excluding hydrogens is 334 g/mol. The van der Waals surface area contributed by atoms with Gasteiger partial charge in [-0.25, -0.2) is 0 Å². The second-order valence-corrected chi connectivity index (χ2v) is 6.65. The average molecular weight is 362 g/mol. The summed E-state index contributed by atoms with van der Waals surface area (Å²) in [6.45, 7) is 5.60. The van der Waals surface area contributed by atoms with Crippen LogP contribution in [-0.2, 0) is 16.0 Å². The number of nitrogens with two attached hydrogens (primary N) is 1. The largest absolute Gasteiger partial charge is 0.463 e. The van der Waals surface area contributed by atoms with Crippen LogP contribution in [0.15, 0.2) is 54.6 Å². The van der Waals surface area contributed by atoms with Gasteiger partial charge in [0.05, 0.1) is 12.0 Å². The summed E-state index contributed by atoms with van der Waals surface area (Å²) in [6.07, 6.45) is 1.31. The first-order valence-electron chi connectivity index (χ1n) is 8.56. The molecule has 0 saturated carbocycles. The Morgan fingerprint density at radius 2 is 1.52 bits per heavy atom. The molecule has 2 aromatic carbocycles. The summed E-state index contributed by atoms with van der Waals surface area (Å²) < 4.78 is 5.23. The van der Waals surface area contributed by atoms with Gasteiger partial charge in [0.1, 0.15) is 0 Å². The molecule has 2 N–H and O–H groups in total. The summed E-state index contributed by atoms with van der Waals surface area (Å²) in [5.74, 6) is -0.342. The van der Waals surface area contributed by atoms with Crippen molar-refractivity contribution in [2.24, 2.45) is 11.7 Å². The van der Waals surface area contributed by atoms with Gasteiger partial charge in [-0.05, 0) is 43.4 Å². The number of benzene rings is 2. The van der Waals surface area contributed by atoms with Crippen LogP contribution in [0.5, 0.6) is 0 Å². The number of carbonyl (C=O) groups excluding carboxylic acids is 1. The van der Waals surface area contributed by atoms with Crippen molar-refractivity contribution in [1.29, 1.82) is 0 Å². The molecule has 0 aliphatic rings. The zero-order valence-electron chi connectivity index (χ0n) is 15.1. The summed E-state index contributed by atoms with van der Waals surface area (Å²) in [5, 5.41) is 0. The van der Waals surface area contributed by atoms with Crippen molar-refractivity contribution in [3.05, 3.63) is 60.2 Å². The van der Waals surface area contributed by atoms with Crippen molar-refractivity contribution in [2.45, 2.75) is 45.8 Å². The van der Waals surface area contributed by atoms with Crippen LogP contribution < -0.4 is 5.73 Å². The minimum Gasteiger partial charge on any atom is -0.463 e. The molecule has 0 aromatic heterocycles. The number of hydrogen-bond acceptors (Lipinski definition) is 3. The van der Waals surface area contributed by atoms with E-state index in [0.29, 0.717) is 6.42 Å². The van der Waals surface area contributed by atoms with Gasteiger partial charge in [-0.3, -0.25) is 4.79 Å². The Morgan fingerprint density at radius 1 is 0.960 bits per heavy atom. The molecule has 3 nitrogen and oxygen atoms in total. The van der Waals surface area contributed by atoms with Crippen molar-refractivity contribution < 1.29 is 9.53 Å². The maximum absolute atomic E-state index is 11.9. The van der Waals surface area contributed by atoms with E-state index in [-0.39, 0.29) is 36.4 Å². The van der Waals surface area contributed by atoms with Crippen LogP contribution in [-0.4, -0.2) is 18.1 Å². The third-order valence-corrected chi connectivity index (χ3v) is 3.97. The van der Waals surface area contributed by atoms with E-state index >= 15 is 0 Å². The Morgan fingerprint density at radius 3 is 2.08 bits per heavy atom. The number of hydrogen-bond donors (Lipinski definition) is 1. The number of rotatable bonds is 7. The van der Waals surface area contributed by atoms with Gasteiger partial charge < -0.3 is 10.5 Å². The smallest absolute Gasteiger partial charge is 0.308 e. The van der Waals surface area contributed by atoms with E-state index in [2.05, 4.69) is 36.4 Å². The fraction of sp³-hybridized carbons (Fsp3) is 0.381. The SMILES string of the molecule is CC(C)OC(=O)[C@@H](C)C[C@H](N)Cc1ccc(-c2ccccc2)cc1.Cl. The van der Waals surface area contributed by atoms with Crippen molar-refractivity contribution in [1.82, 2.24) is 0 Å². The summed E-state index contributed by atoms with van der Waals surface area (Å²) in [5.41, 5.74) is 9.81. The summed E-state index contributed by atoms with van der Waals surface area (Å²) >= 11 is 0. The van der Waals surface area contributed by atoms with Gasteiger partial charge in [0.2, 0.25) is 0 Å². The van der Waals surface area contributed by atoms with Gasteiger partial charge in [0, 0.05) is 6.04 Å². The number of esters is 1. The lowest BCUT2D eigenvalue weighted by molar-refractivity contribution is -0.152. The topological polar surface area (TPSA) is 52.3 Å². The first kappa shape index (κ1) is 21.2. The van der Waals surface area contributed by atoms with E-state index in [1.54, 1.807) is 0 Å². The molecule has 136 valence electrons. The molecule has 0 heterocycles. The lowest BCUT2D eigenvalue weighted by atomic mass is 9.95. The lowest BCUT2D eigenvalue weighted by Crippen LogP contribution is -2.29. The van der Waals surface area contributed by atoms with Crippen LogP contribution in [0, 0.1) is 5.92 Å². The highest BCUT2D eigenvalue weighted by Crippen LogP contribution is 2.20. The minimum atomic E-state index is -0.175. The quantitative estimate of drug-likeness (QED) is 0.732. The zero-order chi connectivity index (χ0) is 17.5. The highest BCUT2D eigenvalue weighted by Gasteiger charge is 2.19. The van der Waals surface area contributed by atoms with Crippen molar-refractivity contribution in [2.75, 3.05) is 0 Å². The van der Waals surface area contributed by atoms with E-state index in [9.17, 15) is 4.79 Å². The molecule has 0 unspecified atom stereocenters. The summed E-state index contributed by atoms with van der Waals surface area (Å²) in [7, 11) is 0. The fourth-order valence-corrected chi connectivity index (χ4v) is 2.75. The van der Waals surface area contributed by atoms with Gasteiger partial charge in [0.15, 0.2) is 0 Å². The number of carbonyl (C=O) groups is 1. The maximum atomic E-state index is 11.9. The second-order valence-electron chi connectivity index (χ2n) is 6.65. The van der Waals surface area contributed by atoms with Crippen LogP contribution in [0.1, 0.15) is 32.8 Å². The Labute approximate surface area is 157 Å². The molecule has 0 aliphatic heterocycles. The fourth-order valence-electron chi connectivity index (χ4n) is 2.75. The highest BCUT2D eigenvalue weighted by molar-refractivity contribution is 5.85. The molecule has 4 heteroatoms. The van der Waals surface area contributed by atoms with Crippen LogP contribution in [0.25, 0.3) is 11.1 Å².